The normalized spacial score (nSPS) is 29.2. The van der Waals surface area contributed by atoms with Gasteiger partial charge < -0.3 is 9.53 Å². The number of carbonyl (C=O) groups is 1. The summed E-state index contributed by atoms with van der Waals surface area (Å²) >= 11 is 0. The molecule has 0 unspecified atom stereocenters. The van der Waals surface area contributed by atoms with Crippen LogP contribution in [0.5, 0.6) is 0 Å². The van der Waals surface area contributed by atoms with Gasteiger partial charge in [-0.3, -0.25) is 4.79 Å². The fourth-order valence-electron chi connectivity index (χ4n) is 7.66. The van der Waals surface area contributed by atoms with Gasteiger partial charge in [-0.05, 0) is 59.0 Å². The molecule has 210 valence electrons. The van der Waals surface area contributed by atoms with Crippen LogP contribution in [0.4, 0.5) is 0 Å². The van der Waals surface area contributed by atoms with Crippen molar-refractivity contribution in [3.05, 3.63) is 82.9 Å². The first-order chi connectivity index (χ1) is 18.5. The molecule has 0 saturated heterocycles. The van der Waals surface area contributed by atoms with E-state index in [1.54, 1.807) is 6.08 Å². The van der Waals surface area contributed by atoms with Gasteiger partial charge in [0, 0.05) is 24.4 Å². The first-order valence-electron chi connectivity index (χ1n) is 15.3. The molecule has 4 aliphatic rings. The molecule has 1 spiro atoms. The summed E-state index contributed by atoms with van der Waals surface area (Å²) in [6.07, 6.45) is 11.1. The maximum Gasteiger partial charge on any atom is 0.191 e. The van der Waals surface area contributed by atoms with Gasteiger partial charge in [0.1, 0.15) is 0 Å². The summed E-state index contributed by atoms with van der Waals surface area (Å²) in [6.45, 7) is 14.1. The van der Waals surface area contributed by atoms with E-state index in [4.69, 9.17) is 4.43 Å². The molecular weight excluding hydrogens is 496 g/mol. The summed E-state index contributed by atoms with van der Waals surface area (Å²) in [6, 6.07) is 17.3. The Kier molecular flexibility index (Phi) is 7.63. The Morgan fingerprint density at radius 2 is 1.41 bits per heavy atom. The van der Waals surface area contributed by atoms with Crippen LogP contribution in [0.15, 0.2) is 60.7 Å². The van der Waals surface area contributed by atoms with Crippen LogP contribution in [-0.4, -0.2) is 31.4 Å². The van der Waals surface area contributed by atoms with Crippen LogP contribution < -0.4 is 0 Å². The molecule has 2 aromatic carbocycles. The summed E-state index contributed by atoms with van der Waals surface area (Å²) < 4.78 is 6.96. The Morgan fingerprint density at radius 1 is 0.872 bits per heavy atom. The van der Waals surface area contributed by atoms with Crippen LogP contribution in [0.3, 0.4) is 0 Å². The monoisotopic (exact) mass is 544 g/mol. The number of ketones is 1. The summed E-state index contributed by atoms with van der Waals surface area (Å²) in [5.74, 6) is -0.213. The Balaban J connectivity index is 1.62. The van der Waals surface area contributed by atoms with Crippen molar-refractivity contribution in [2.75, 3.05) is 6.61 Å². The topological polar surface area (TPSA) is 46.5 Å². The number of benzene rings is 2. The molecule has 6 rings (SSSR count). The van der Waals surface area contributed by atoms with Gasteiger partial charge >= 0.3 is 0 Å². The zero-order chi connectivity index (χ0) is 28.1. The molecule has 39 heavy (non-hydrogen) atoms. The molecule has 1 N–H and O–H groups in total. The van der Waals surface area contributed by atoms with Crippen LogP contribution in [-0.2, 0) is 9.22 Å². The van der Waals surface area contributed by atoms with Crippen molar-refractivity contribution in [2.24, 2.45) is 11.3 Å². The van der Waals surface area contributed by atoms with E-state index >= 15 is 0 Å². The van der Waals surface area contributed by atoms with Gasteiger partial charge in [0.15, 0.2) is 14.1 Å². The largest absolute Gasteiger partial charge is 0.416 e. The fraction of sp³-hybridized carbons (Fsp3) is 0.571. The molecule has 0 aliphatic heterocycles. The fourth-order valence-corrected chi connectivity index (χ4v) is 8.69. The van der Waals surface area contributed by atoms with Gasteiger partial charge in [0.2, 0.25) is 0 Å². The van der Waals surface area contributed by atoms with Gasteiger partial charge in [0.05, 0.1) is 11.0 Å². The summed E-state index contributed by atoms with van der Waals surface area (Å²) in [7, 11) is -2.09. The van der Waals surface area contributed by atoms with E-state index in [1.165, 1.54) is 47.9 Å². The van der Waals surface area contributed by atoms with Crippen LogP contribution in [0.2, 0.25) is 18.1 Å². The number of carbonyl (C=O) groups excluding carboxylic acids is 1. The second kappa shape index (κ2) is 10.4. The molecule has 0 fully saturated rings. The lowest BCUT2D eigenvalue weighted by Crippen LogP contribution is -2.63. The van der Waals surface area contributed by atoms with Crippen molar-refractivity contribution in [3.63, 3.8) is 0 Å². The quantitative estimate of drug-likeness (QED) is 0.241. The Bertz CT molecular complexity index is 1190. The lowest BCUT2D eigenvalue weighted by Gasteiger charge is -2.61. The number of allylic oxidation sites excluding steroid dienone is 1. The van der Waals surface area contributed by atoms with E-state index in [9.17, 15) is 9.90 Å². The Hall–Kier alpha value is -2.01. The molecule has 4 heteroatoms. The van der Waals surface area contributed by atoms with Crippen LogP contribution in [0.1, 0.15) is 107 Å². The van der Waals surface area contributed by atoms with E-state index in [2.05, 4.69) is 89.3 Å². The minimum absolute atomic E-state index is 0.0205. The van der Waals surface area contributed by atoms with Gasteiger partial charge in [-0.25, -0.2) is 0 Å². The highest BCUT2D eigenvalue weighted by Crippen LogP contribution is 2.70. The van der Waals surface area contributed by atoms with Gasteiger partial charge in [-0.2, -0.15) is 0 Å². The number of rotatable bonds is 10. The highest BCUT2D eigenvalue weighted by Gasteiger charge is 2.71. The minimum atomic E-state index is -2.09. The maximum atomic E-state index is 14.4. The van der Waals surface area contributed by atoms with Crippen molar-refractivity contribution in [1.29, 1.82) is 0 Å². The van der Waals surface area contributed by atoms with E-state index in [0.717, 1.165) is 12.8 Å². The van der Waals surface area contributed by atoms with Crippen molar-refractivity contribution >= 4 is 14.1 Å². The van der Waals surface area contributed by atoms with E-state index in [0.29, 0.717) is 13.0 Å². The standard InChI is InChI=1S/C35H48O3Si/c1-7-8-9-10-11-16-22-34(37)23-21-30(36)35(34)29(24-38-39(5,6)33(2,3)4)31-25-17-12-14-19-27(25)32(35)28-20-15-13-18-26(28)31/h12-15,17-21,23,29,31-32,37H,7-11,16,22,24H2,1-6H3/t29-,31?,32?,34-,35-/m1/s1. The highest BCUT2D eigenvalue weighted by atomic mass is 28.4. The van der Waals surface area contributed by atoms with Gasteiger partial charge in [-0.1, -0.05) is 115 Å². The number of hydrogen-bond donors (Lipinski definition) is 1. The van der Waals surface area contributed by atoms with E-state index in [-0.39, 0.29) is 28.6 Å². The average Bonchev–Trinajstić information content (AvgIpc) is 3.15. The molecule has 4 aliphatic carbocycles. The Morgan fingerprint density at radius 3 is 1.97 bits per heavy atom. The summed E-state index contributed by atoms with van der Waals surface area (Å²) in [5, 5.41) is 12.8. The van der Waals surface area contributed by atoms with Gasteiger partial charge in [0.25, 0.3) is 0 Å². The number of unbranched alkanes of at least 4 members (excludes halogenated alkanes) is 5. The zero-order valence-electron chi connectivity index (χ0n) is 24.9. The lowest BCUT2D eigenvalue weighted by atomic mass is 9.42. The van der Waals surface area contributed by atoms with Crippen molar-refractivity contribution < 1.29 is 14.3 Å². The predicted octanol–water partition coefficient (Wildman–Crippen LogP) is 8.52. The summed E-state index contributed by atoms with van der Waals surface area (Å²) in [5.41, 5.74) is 2.88. The smallest absolute Gasteiger partial charge is 0.191 e. The number of hydrogen-bond acceptors (Lipinski definition) is 3. The molecule has 3 nitrogen and oxygen atoms in total. The minimum Gasteiger partial charge on any atom is -0.416 e. The molecule has 2 bridgehead atoms. The summed E-state index contributed by atoms with van der Waals surface area (Å²) in [4.78, 5) is 14.4. The second-order valence-electron chi connectivity index (χ2n) is 13.9. The average molecular weight is 545 g/mol. The lowest BCUT2D eigenvalue weighted by molar-refractivity contribution is -0.153. The molecule has 0 amide bonds. The third-order valence-electron chi connectivity index (χ3n) is 10.7. The molecule has 3 atom stereocenters. The third-order valence-corrected chi connectivity index (χ3v) is 15.2. The SMILES string of the molecule is CCCCCCCC[C@@]1(O)C=CC(=O)[C@]12C1c3ccccc3C(c3ccccc31)[C@H]2CO[Si](C)(C)C(C)(C)C. The second-order valence-corrected chi connectivity index (χ2v) is 18.7. The molecule has 0 radical (unpaired) electrons. The molecule has 2 aromatic rings. The van der Waals surface area contributed by atoms with Crippen molar-refractivity contribution in [2.45, 2.75) is 108 Å². The predicted molar refractivity (Wildman–Crippen MR) is 163 cm³/mol. The third kappa shape index (κ3) is 4.42. The van der Waals surface area contributed by atoms with Gasteiger partial charge in [-0.15, -0.1) is 0 Å². The maximum absolute atomic E-state index is 14.4. The van der Waals surface area contributed by atoms with Crippen LogP contribution >= 0.6 is 0 Å². The van der Waals surface area contributed by atoms with Crippen molar-refractivity contribution in [1.82, 2.24) is 0 Å². The molecular formula is C35H48O3Si. The molecule has 0 heterocycles. The number of aliphatic hydroxyl groups is 1. The van der Waals surface area contributed by atoms with E-state index in [1.807, 2.05) is 6.08 Å². The first-order valence-corrected chi connectivity index (χ1v) is 18.2. The zero-order valence-corrected chi connectivity index (χ0v) is 25.9. The highest BCUT2D eigenvalue weighted by molar-refractivity contribution is 6.74. The Labute approximate surface area is 237 Å². The van der Waals surface area contributed by atoms with E-state index < -0.39 is 19.3 Å². The molecule has 0 saturated carbocycles. The van der Waals surface area contributed by atoms with Crippen LogP contribution in [0.25, 0.3) is 0 Å². The molecule has 0 aromatic heterocycles. The van der Waals surface area contributed by atoms with Crippen LogP contribution in [0, 0.1) is 11.3 Å². The first kappa shape index (κ1) is 28.5. The van der Waals surface area contributed by atoms with Crippen molar-refractivity contribution in [3.8, 4) is 0 Å².